The highest BCUT2D eigenvalue weighted by molar-refractivity contribution is 5.96. The number of aliphatic hydroxyl groups is 1. The molecule has 1 aliphatic heterocycles. The zero-order valence-electron chi connectivity index (χ0n) is 10.5. The molecule has 8 nitrogen and oxygen atoms in total. The molecule has 2 aliphatic rings. The molecule has 1 heterocycles. The fraction of sp³-hybridized carbons (Fsp3) is 0.417. The number of ether oxygens (including phenoxy) is 1. The van der Waals surface area contributed by atoms with Gasteiger partial charge in [-0.15, -0.1) is 0 Å². The van der Waals surface area contributed by atoms with Crippen molar-refractivity contribution >= 4 is 23.0 Å². The minimum atomic E-state index is -0.502. The maximum atomic E-state index is 11.3. The number of fused-ring (bicyclic) bond motifs is 1. The van der Waals surface area contributed by atoms with Crippen molar-refractivity contribution in [1.29, 1.82) is 0 Å². The van der Waals surface area contributed by atoms with Gasteiger partial charge >= 0.3 is 0 Å². The second-order valence-electron chi connectivity index (χ2n) is 4.93. The van der Waals surface area contributed by atoms with Crippen LogP contribution in [0.5, 0.6) is 5.75 Å². The molecule has 0 radical (unpaired) electrons. The second-order valence-corrected chi connectivity index (χ2v) is 4.93. The van der Waals surface area contributed by atoms with Gasteiger partial charge in [-0.25, -0.2) is 0 Å². The van der Waals surface area contributed by atoms with Crippen molar-refractivity contribution in [2.75, 3.05) is 17.2 Å². The van der Waals surface area contributed by atoms with Crippen molar-refractivity contribution in [3.8, 4) is 5.75 Å². The largest absolute Gasteiger partial charge is 0.481 e. The average Bonchev–Trinajstić information content (AvgIpc) is 2.35. The lowest BCUT2D eigenvalue weighted by Crippen LogP contribution is -2.39. The molecule has 106 valence electrons. The fourth-order valence-electron chi connectivity index (χ4n) is 2.31. The Morgan fingerprint density at radius 1 is 1.45 bits per heavy atom. The molecule has 0 unspecified atom stereocenters. The van der Waals surface area contributed by atoms with Crippen molar-refractivity contribution in [2.24, 2.45) is 0 Å². The summed E-state index contributed by atoms with van der Waals surface area (Å²) in [5.74, 6) is -0.00753. The van der Waals surface area contributed by atoms with Gasteiger partial charge in [0.1, 0.15) is 5.69 Å². The van der Waals surface area contributed by atoms with Gasteiger partial charge in [0.15, 0.2) is 12.4 Å². The smallest absolute Gasteiger partial charge is 0.296 e. The maximum Gasteiger partial charge on any atom is 0.296 e. The molecule has 1 aliphatic carbocycles. The number of nitrogens with zero attached hydrogens (tertiary/aromatic N) is 1. The number of benzene rings is 1. The van der Waals surface area contributed by atoms with Crippen LogP contribution in [0, 0.1) is 10.1 Å². The molecule has 1 saturated carbocycles. The maximum absolute atomic E-state index is 11.3. The molecular formula is C12H13N3O5. The predicted octanol–water partition coefficient (Wildman–Crippen LogP) is 0.861. The number of rotatable bonds is 3. The number of nitrogens with one attached hydrogen (secondary N) is 2. The Morgan fingerprint density at radius 2 is 2.20 bits per heavy atom. The molecule has 20 heavy (non-hydrogen) atoms. The van der Waals surface area contributed by atoms with Gasteiger partial charge in [-0.05, 0) is 18.9 Å². The van der Waals surface area contributed by atoms with Crippen molar-refractivity contribution in [1.82, 2.24) is 0 Å². The average molecular weight is 279 g/mol. The number of hydrogen-bond acceptors (Lipinski definition) is 6. The first-order valence-corrected chi connectivity index (χ1v) is 6.22. The van der Waals surface area contributed by atoms with E-state index >= 15 is 0 Å². The van der Waals surface area contributed by atoms with Crippen molar-refractivity contribution in [3.05, 3.63) is 22.2 Å². The lowest BCUT2D eigenvalue weighted by atomic mass is 9.89. The molecule has 0 spiro atoms. The quantitative estimate of drug-likeness (QED) is 0.558. The topological polar surface area (TPSA) is 114 Å². The minimum Gasteiger partial charge on any atom is -0.481 e. The highest BCUT2D eigenvalue weighted by atomic mass is 16.6. The molecule has 1 amide bonds. The lowest BCUT2D eigenvalue weighted by Gasteiger charge is -2.32. The Hall–Kier alpha value is -2.35. The van der Waals surface area contributed by atoms with Gasteiger partial charge < -0.3 is 20.5 Å². The summed E-state index contributed by atoms with van der Waals surface area (Å²) in [6, 6.07) is 2.79. The van der Waals surface area contributed by atoms with E-state index in [-0.39, 0.29) is 36.1 Å². The standard InChI is InChI=1S/C12H13N3O5/c16-7-1-6(2-7)13-8-3-9-11(4-10(8)15(18)19)20-5-12(17)14-9/h3-4,6-7,13,16H,1-2,5H2,(H,14,17). The Balaban J connectivity index is 1.91. The van der Waals surface area contributed by atoms with Crippen LogP contribution in [-0.2, 0) is 4.79 Å². The number of aliphatic hydroxyl groups excluding tert-OH is 1. The van der Waals surface area contributed by atoms with Crippen LogP contribution in [0.1, 0.15) is 12.8 Å². The summed E-state index contributed by atoms with van der Waals surface area (Å²) >= 11 is 0. The van der Waals surface area contributed by atoms with Gasteiger partial charge in [0.2, 0.25) is 0 Å². The highest BCUT2D eigenvalue weighted by Gasteiger charge is 2.30. The van der Waals surface area contributed by atoms with E-state index in [0.29, 0.717) is 24.2 Å². The van der Waals surface area contributed by atoms with Crippen LogP contribution in [0.3, 0.4) is 0 Å². The van der Waals surface area contributed by atoms with Gasteiger partial charge in [0.25, 0.3) is 11.6 Å². The van der Waals surface area contributed by atoms with Crippen LogP contribution in [0.2, 0.25) is 0 Å². The molecular weight excluding hydrogens is 266 g/mol. The van der Waals surface area contributed by atoms with E-state index < -0.39 is 4.92 Å². The van der Waals surface area contributed by atoms with Crippen LogP contribution in [0.4, 0.5) is 17.1 Å². The van der Waals surface area contributed by atoms with Gasteiger partial charge in [0, 0.05) is 6.04 Å². The summed E-state index contributed by atoms with van der Waals surface area (Å²) in [7, 11) is 0. The normalized spacial score (nSPS) is 23.9. The molecule has 0 aromatic heterocycles. The zero-order valence-corrected chi connectivity index (χ0v) is 10.5. The number of carbonyl (C=O) groups excluding carboxylic acids is 1. The third-order valence-corrected chi connectivity index (χ3v) is 3.40. The van der Waals surface area contributed by atoms with E-state index in [9.17, 15) is 20.0 Å². The van der Waals surface area contributed by atoms with Gasteiger partial charge in [-0.2, -0.15) is 0 Å². The molecule has 0 saturated heterocycles. The van der Waals surface area contributed by atoms with Crippen molar-refractivity contribution in [2.45, 2.75) is 25.0 Å². The molecule has 0 atom stereocenters. The first-order valence-electron chi connectivity index (χ1n) is 6.22. The molecule has 0 bridgehead atoms. The van der Waals surface area contributed by atoms with Crippen molar-refractivity contribution in [3.63, 3.8) is 0 Å². The summed E-state index contributed by atoms with van der Waals surface area (Å²) < 4.78 is 5.16. The Labute approximate surface area is 113 Å². The van der Waals surface area contributed by atoms with E-state index in [1.807, 2.05) is 0 Å². The number of amides is 1. The van der Waals surface area contributed by atoms with Gasteiger partial charge in [-0.1, -0.05) is 0 Å². The third-order valence-electron chi connectivity index (χ3n) is 3.40. The number of nitro groups is 1. The minimum absolute atomic E-state index is 0.00182. The highest BCUT2D eigenvalue weighted by Crippen LogP contribution is 2.39. The number of nitro benzene ring substituents is 1. The van der Waals surface area contributed by atoms with Crippen LogP contribution in [-0.4, -0.2) is 34.7 Å². The zero-order chi connectivity index (χ0) is 14.3. The Bertz CT molecular complexity index is 583. The van der Waals surface area contributed by atoms with Crippen LogP contribution in [0.25, 0.3) is 0 Å². The van der Waals surface area contributed by atoms with E-state index in [0.717, 1.165) is 0 Å². The van der Waals surface area contributed by atoms with Crippen LogP contribution in [0.15, 0.2) is 12.1 Å². The molecule has 3 N–H and O–H groups in total. The number of carbonyl (C=O) groups is 1. The monoisotopic (exact) mass is 279 g/mol. The molecule has 1 fully saturated rings. The summed E-state index contributed by atoms with van der Waals surface area (Å²) in [6.07, 6.45) is 0.751. The number of hydrogen-bond donors (Lipinski definition) is 3. The molecule has 1 aromatic carbocycles. The Morgan fingerprint density at radius 3 is 2.85 bits per heavy atom. The van der Waals surface area contributed by atoms with E-state index in [2.05, 4.69) is 10.6 Å². The predicted molar refractivity (Wildman–Crippen MR) is 69.9 cm³/mol. The fourth-order valence-corrected chi connectivity index (χ4v) is 2.31. The first-order chi connectivity index (χ1) is 9.52. The molecule has 1 aromatic rings. The van der Waals surface area contributed by atoms with Gasteiger partial charge in [0.05, 0.1) is 22.8 Å². The third kappa shape index (κ3) is 2.25. The van der Waals surface area contributed by atoms with E-state index in [1.165, 1.54) is 12.1 Å². The number of anilines is 2. The Kier molecular flexibility index (Phi) is 2.94. The SMILES string of the molecule is O=C1COc2cc([N+](=O)[O-])c(NC3CC(O)C3)cc2N1. The second kappa shape index (κ2) is 4.64. The van der Waals surface area contributed by atoms with E-state index in [1.54, 1.807) is 0 Å². The molecule has 8 heteroatoms. The van der Waals surface area contributed by atoms with Crippen molar-refractivity contribution < 1.29 is 19.6 Å². The summed E-state index contributed by atoms with van der Waals surface area (Å²) in [5.41, 5.74) is 0.618. The van der Waals surface area contributed by atoms with Gasteiger partial charge in [-0.3, -0.25) is 14.9 Å². The van der Waals surface area contributed by atoms with Crippen LogP contribution >= 0.6 is 0 Å². The van der Waals surface area contributed by atoms with Crippen LogP contribution < -0.4 is 15.4 Å². The lowest BCUT2D eigenvalue weighted by molar-refractivity contribution is -0.384. The van der Waals surface area contributed by atoms with E-state index in [4.69, 9.17) is 4.74 Å². The summed E-state index contributed by atoms with van der Waals surface area (Å²) in [6.45, 7) is -0.147. The first kappa shape index (κ1) is 12.7. The molecule has 3 rings (SSSR count). The summed E-state index contributed by atoms with van der Waals surface area (Å²) in [4.78, 5) is 21.9. The summed E-state index contributed by atoms with van der Waals surface area (Å²) in [5, 5.41) is 26.0.